The molecule has 28 heavy (non-hydrogen) atoms. The first kappa shape index (κ1) is 18.2. The summed E-state index contributed by atoms with van der Waals surface area (Å²) in [6.45, 7) is 0. The van der Waals surface area contributed by atoms with Crippen molar-refractivity contribution in [1.29, 1.82) is 0 Å². The number of carbonyl (C=O) groups excluding carboxylic acids is 1. The van der Waals surface area contributed by atoms with Gasteiger partial charge in [-0.05, 0) is 18.1 Å². The SMILES string of the molecule is COc1ccc2c(c1OC)C13CC(=O)N(C)C14C[C@H]2O[C@@]4(O)[C@@H](OC)[C@@H](O)C3. The fourth-order valence-corrected chi connectivity index (χ4v) is 6.60. The van der Waals surface area contributed by atoms with Crippen LogP contribution in [0, 0.1) is 0 Å². The number of rotatable bonds is 3. The molecule has 8 heteroatoms. The molecule has 152 valence electrons. The molecule has 1 saturated carbocycles. The van der Waals surface area contributed by atoms with Crippen molar-refractivity contribution in [2.75, 3.05) is 28.4 Å². The number of ether oxygens (including phenoxy) is 4. The van der Waals surface area contributed by atoms with Gasteiger partial charge in [0, 0.05) is 38.0 Å². The Morgan fingerprint density at radius 1 is 1.21 bits per heavy atom. The fraction of sp³-hybridized carbons (Fsp3) is 0.650. The quantitative estimate of drug-likeness (QED) is 0.774. The number of hydrogen-bond acceptors (Lipinski definition) is 7. The summed E-state index contributed by atoms with van der Waals surface area (Å²) in [5.74, 6) is -0.888. The average molecular weight is 391 g/mol. The van der Waals surface area contributed by atoms with Crippen LogP contribution < -0.4 is 9.47 Å². The van der Waals surface area contributed by atoms with Gasteiger partial charge < -0.3 is 34.1 Å². The lowest BCUT2D eigenvalue weighted by molar-refractivity contribution is -0.328. The third kappa shape index (κ3) is 1.63. The first-order valence-corrected chi connectivity index (χ1v) is 9.44. The first-order valence-electron chi connectivity index (χ1n) is 9.44. The van der Waals surface area contributed by atoms with Crippen LogP contribution in [-0.2, 0) is 19.7 Å². The maximum absolute atomic E-state index is 13.0. The molecule has 1 spiro atoms. The van der Waals surface area contributed by atoms with E-state index >= 15 is 0 Å². The molecule has 4 aliphatic rings. The monoisotopic (exact) mass is 391 g/mol. The van der Waals surface area contributed by atoms with Gasteiger partial charge in [0.2, 0.25) is 11.7 Å². The Morgan fingerprint density at radius 3 is 2.61 bits per heavy atom. The molecule has 5 rings (SSSR count). The van der Waals surface area contributed by atoms with E-state index in [1.807, 2.05) is 12.1 Å². The number of nitrogens with zero attached hydrogens (tertiary/aromatic N) is 1. The second-order valence-electron chi connectivity index (χ2n) is 8.27. The summed E-state index contributed by atoms with van der Waals surface area (Å²) in [4.78, 5) is 14.6. The zero-order chi connectivity index (χ0) is 20.1. The second-order valence-corrected chi connectivity index (χ2v) is 8.27. The van der Waals surface area contributed by atoms with Gasteiger partial charge in [-0.1, -0.05) is 6.07 Å². The zero-order valence-electron chi connectivity index (χ0n) is 16.4. The van der Waals surface area contributed by atoms with Crippen LogP contribution in [0.5, 0.6) is 11.5 Å². The lowest BCUT2D eigenvalue weighted by atomic mass is 9.50. The molecule has 2 heterocycles. The van der Waals surface area contributed by atoms with Crippen LogP contribution in [0.15, 0.2) is 12.1 Å². The number of carbonyl (C=O) groups is 1. The summed E-state index contributed by atoms with van der Waals surface area (Å²) in [6, 6.07) is 3.71. The number of amides is 1. The summed E-state index contributed by atoms with van der Waals surface area (Å²) in [5.41, 5.74) is -0.303. The van der Waals surface area contributed by atoms with Gasteiger partial charge >= 0.3 is 0 Å². The summed E-state index contributed by atoms with van der Waals surface area (Å²) in [6.07, 6.45) is -1.61. The summed E-state index contributed by atoms with van der Waals surface area (Å²) < 4.78 is 23.0. The van der Waals surface area contributed by atoms with Gasteiger partial charge in [-0.2, -0.15) is 0 Å². The van der Waals surface area contributed by atoms with Gasteiger partial charge in [-0.3, -0.25) is 4.79 Å². The van der Waals surface area contributed by atoms with Crippen molar-refractivity contribution in [3.63, 3.8) is 0 Å². The van der Waals surface area contributed by atoms with Crippen LogP contribution in [0.3, 0.4) is 0 Å². The Kier molecular flexibility index (Phi) is 3.50. The normalized spacial score (nSPS) is 43.0. The highest BCUT2D eigenvalue weighted by Gasteiger charge is 2.83. The molecule has 8 nitrogen and oxygen atoms in total. The van der Waals surface area contributed by atoms with Gasteiger partial charge in [0.15, 0.2) is 11.5 Å². The zero-order valence-corrected chi connectivity index (χ0v) is 16.4. The van der Waals surface area contributed by atoms with Gasteiger partial charge in [0.1, 0.15) is 11.6 Å². The van der Waals surface area contributed by atoms with Crippen LogP contribution >= 0.6 is 0 Å². The topological polar surface area (TPSA) is 97.7 Å². The van der Waals surface area contributed by atoms with Crippen molar-refractivity contribution < 1.29 is 34.0 Å². The molecule has 2 aliphatic heterocycles. The Bertz CT molecular complexity index is 874. The molecule has 1 aromatic carbocycles. The maximum Gasteiger partial charge on any atom is 0.223 e. The highest BCUT2D eigenvalue weighted by Crippen LogP contribution is 2.72. The number of likely N-dealkylation sites (tertiary alicyclic amines) is 1. The van der Waals surface area contributed by atoms with E-state index in [0.717, 1.165) is 11.1 Å². The van der Waals surface area contributed by atoms with E-state index in [2.05, 4.69) is 0 Å². The predicted octanol–water partition coefficient (Wildman–Crippen LogP) is 0.486. The summed E-state index contributed by atoms with van der Waals surface area (Å²) >= 11 is 0. The third-order valence-electron chi connectivity index (χ3n) is 7.54. The van der Waals surface area contributed by atoms with Gasteiger partial charge in [-0.25, -0.2) is 0 Å². The first-order chi connectivity index (χ1) is 13.3. The standard InChI is InChI=1S/C20H25NO7/c1-21-14(23)9-18-7-11(22)17(27-4)20(24)19(18,21)8-13(28-20)10-5-6-12(25-2)16(26-3)15(10)18/h5-6,11,13,17,22,24H,7-9H2,1-4H3/t11-,13+,17-,18?,19?,20-/m0/s1. The maximum atomic E-state index is 13.0. The minimum absolute atomic E-state index is 0.107. The van der Waals surface area contributed by atoms with Crippen molar-refractivity contribution in [1.82, 2.24) is 4.90 Å². The smallest absolute Gasteiger partial charge is 0.223 e. The number of hydrogen-bond donors (Lipinski definition) is 2. The molecular formula is C20H25NO7. The van der Waals surface area contributed by atoms with E-state index in [-0.39, 0.29) is 18.7 Å². The largest absolute Gasteiger partial charge is 0.493 e. The van der Waals surface area contributed by atoms with Crippen LogP contribution in [0.1, 0.15) is 36.5 Å². The molecule has 2 aliphatic carbocycles. The molecule has 2 saturated heterocycles. The van der Waals surface area contributed by atoms with Crippen LogP contribution in [0.4, 0.5) is 0 Å². The molecule has 0 aromatic heterocycles. The highest BCUT2D eigenvalue weighted by atomic mass is 16.7. The lowest BCUT2D eigenvalue weighted by Crippen LogP contribution is -2.77. The Labute approximate surface area is 162 Å². The molecule has 3 fully saturated rings. The number of likely N-dealkylation sites (N-methyl/N-ethyl adjacent to an activating group) is 1. The molecule has 2 N–H and O–H groups in total. The van der Waals surface area contributed by atoms with Gasteiger partial charge in [-0.15, -0.1) is 0 Å². The van der Waals surface area contributed by atoms with Gasteiger partial charge in [0.25, 0.3) is 0 Å². The summed E-state index contributed by atoms with van der Waals surface area (Å²) in [7, 11) is 6.25. The van der Waals surface area contributed by atoms with E-state index in [1.165, 1.54) is 7.11 Å². The number of benzene rings is 1. The number of methoxy groups -OCH3 is 3. The Balaban J connectivity index is 1.89. The molecule has 0 radical (unpaired) electrons. The lowest BCUT2D eigenvalue weighted by Gasteiger charge is -2.59. The molecule has 6 atom stereocenters. The average Bonchev–Trinajstić information content (AvgIpc) is 3.09. The van der Waals surface area contributed by atoms with E-state index in [9.17, 15) is 15.0 Å². The van der Waals surface area contributed by atoms with Crippen LogP contribution in [-0.4, -0.2) is 72.9 Å². The van der Waals surface area contributed by atoms with Crippen molar-refractivity contribution in [2.45, 2.75) is 54.3 Å². The molecule has 2 unspecified atom stereocenters. The van der Waals surface area contributed by atoms with E-state index in [4.69, 9.17) is 18.9 Å². The van der Waals surface area contributed by atoms with Crippen molar-refractivity contribution in [3.05, 3.63) is 23.3 Å². The Hall–Kier alpha value is -1.87. The third-order valence-corrected chi connectivity index (χ3v) is 7.54. The molecule has 1 amide bonds. The van der Waals surface area contributed by atoms with Gasteiger partial charge in [0.05, 0.1) is 26.4 Å². The van der Waals surface area contributed by atoms with Crippen molar-refractivity contribution in [3.8, 4) is 11.5 Å². The summed E-state index contributed by atoms with van der Waals surface area (Å²) in [5, 5.41) is 22.8. The minimum atomic E-state index is -1.84. The number of fused-ring (bicyclic) bond motifs is 3. The van der Waals surface area contributed by atoms with Crippen molar-refractivity contribution in [2.24, 2.45) is 0 Å². The molecule has 1 aromatic rings. The fourth-order valence-electron chi connectivity index (χ4n) is 6.60. The van der Waals surface area contributed by atoms with Crippen LogP contribution in [0.2, 0.25) is 0 Å². The minimum Gasteiger partial charge on any atom is -0.493 e. The van der Waals surface area contributed by atoms with E-state index < -0.39 is 35.1 Å². The van der Waals surface area contributed by atoms with E-state index in [0.29, 0.717) is 17.9 Å². The highest BCUT2D eigenvalue weighted by molar-refractivity contribution is 5.85. The molecular weight excluding hydrogens is 366 g/mol. The predicted molar refractivity (Wildman–Crippen MR) is 96.2 cm³/mol. The second kappa shape index (κ2) is 5.38. The molecule has 2 bridgehead atoms. The van der Waals surface area contributed by atoms with Crippen molar-refractivity contribution >= 4 is 5.91 Å². The number of aliphatic hydroxyl groups excluding tert-OH is 1. The number of aliphatic hydroxyl groups is 2. The Morgan fingerprint density at radius 2 is 1.96 bits per heavy atom. The van der Waals surface area contributed by atoms with E-state index in [1.54, 1.807) is 26.2 Å². The van der Waals surface area contributed by atoms with Crippen LogP contribution in [0.25, 0.3) is 0 Å².